The molecule has 0 bridgehead atoms. The summed E-state index contributed by atoms with van der Waals surface area (Å²) in [7, 11) is 4.30. The summed E-state index contributed by atoms with van der Waals surface area (Å²) in [6.45, 7) is 4.89. The summed E-state index contributed by atoms with van der Waals surface area (Å²) >= 11 is 0. The van der Waals surface area contributed by atoms with Crippen LogP contribution in [0.2, 0.25) is 0 Å². The van der Waals surface area contributed by atoms with Crippen molar-refractivity contribution in [2.45, 2.75) is 25.4 Å². The predicted molar refractivity (Wildman–Crippen MR) is 74.4 cm³/mol. The molecule has 0 spiro atoms. The van der Waals surface area contributed by atoms with Crippen molar-refractivity contribution in [1.29, 1.82) is 0 Å². The van der Waals surface area contributed by atoms with Gasteiger partial charge in [-0.05, 0) is 39.1 Å². The molecular formula is C14H24N4. The Bertz CT molecular complexity index is 374. The Morgan fingerprint density at radius 3 is 2.78 bits per heavy atom. The van der Waals surface area contributed by atoms with Crippen molar-refractivity contribution >= 4 is 0 Å². The number of likely N-dealkylation sites (N-methyl/N-ethyl adjacent to an activating group) is 1. The van der Waals surface area contributed by atoms with Gasteiger partial charge in [0.15, 0.2) is 0 Å². The molecular weight excluding hydrogens is 224 g/mol. The highest BCUT2D eigenvalue weighted by Crippen LogP contribution is 2.25. The minimum atomic E-state index is 0.308. The van der Waals surface area contributed by atoms with Gasteiger partial charge in [0.1, 0.15) is 0 Å². The third-order valence-electron chi connectivity index (χ3n) is 3.91. The van der Waals surface area contributed by atoms with E-state index in [2.05, 4.69) is 41.0 Å². The Hall–Kier alpha value is -0.970. The molecule has 2 atom stereocenters. The van der Waals surface area contributed by atoms with Crippen LogP contribution in [-0.2, 0) is 0 Å². The van der Waals surface area contributed by atoms with E-state index in [0.29, 0.717) is 18.6 Å². The van der Waals surface area contributed by atoms with Crippen LogP contribution in [0, 0.1) is 6.92 Å². The van der Waals surface area contributed by atoms with Crippen molar-refractivity contribution in [1.82, 2.24) is 14.8 Å². The first-order chi connectivity index (χ1) is 8.61. The molecule has 1 saturated heterocycles. The number of aryl methyl sites for hydroxylation is 1. The number of likely N-dealkylation sites (tertiary alicyclic amines) is 1. The Morgan fingerprint density at radius 1 is 1.50 bits per heavy atom. The predicted octanol–water partition coefficient (Wildman–Crippen LogP) is 1.03. The van der Waals surface area contributed by atoms with Gasteiger partial charge in [0, 0.05) is 43.6 Å². The normalized spacial score (nSPS) is 22.6. The van der Waals surface area contributed by atoms with E-state index in [1.54, 1.807) is 0 Å². The van der Waals surface area contributed by atoms with Gasteiger partial charge < -0.3 is 10.6 Å². The van der Waals surface area contributed by atoms with Crippen LogP contribution < -0.4 is 5.73 Å². The zero-order chi connectivity index (χ0) is 13.1. The molecule has 0 amide bonds. The van der Waals surface area contributed by atoms with Crippen molar-refractivity contribution in [3.05, 3.63) is 29.6 Å². The van der Waals surface area contributed by atoms with E-state index in [9.17, 15) is 0 Å². The minimum Gasteiger partial charge on any atom is -0.329 e. The van der Waals surface area contributed by atoms with Gasteiger partial charge in [-0.25, -0.2) is 0 Å². The molecule has 4 nitrogen and oxygen atoms in total. The molecule has 1 aliphatic heterocycles. The average molecular weight is 248 g/mol. The molecule has 4 heteroatoms. The largest absolute Gasteiger partial charge is 0.329 e. The van der Waals surface area contributed by atoms with Crippen LogP contribution in [0.5, 0.6) is 0 Å². The van der Waals surface area contributed by atoms with Crippen LogP contribution in [0.4, 0.5) is 0 Å². The van der Waals surface area contributed by atoms with Crippen LogP contribution in [-0.4, -0.2) is 54.6 Å². The molecule has 2 N–H and O–H groups in total. The van der Waals surface area contributed by atoms with Crippen LogP contribution in [0.1, 0.15) is 23.7 Å². The van der Waals surface area contributed by atoms with Crippen LogP contribution in [0.25, 0.3) is 0 Å². The van der Waals surface area contributed by atoms with Crippen molar-refractivity contribution in [2.75, 3.05) is 33.7 Å². The summed E-state index contributed by atoms with van der Waals surface area (Å²) in [4.78, 5) is 9.17. The number of pyridine rings is 1. The fourth-order valence-corrected chi connectivity index (χ4v) is 2.65. The van der Waals surface area contributed by atoms with E-state index in [0.717, 1.165) is 18.8 Å². The van der Waals surface area contributed by atoms with Gasteiger partial charge in [0.2, 0.25) is 0 Å². The second-order valence-corrected chi connectivity index (χ2v) is 5.39. The Balaban J connectivity index is 2.08. The first-order valence-electron chi connectivity index (χ1n) is 6.65. The lowest BCUT2D eigenvalue weighted by Gasteiger charge is -2.28. The molecule has 2 heterocycles. The maximum Gasteiger partial charge on any atom is 0.0486 e. The van der Waals surface area contributed by atoms with Gasteiger partial charge in [-0.15, -0.1) is 0 Å². The summed E-state index contributed by atoms with van der Waals surface area (Å²) < 4.78 is 0. The summed E-state index contributed by atoms with van der Waals surface area (Å²) in [5.41, 5.74) is 8.26. The topological polar surface area (TPSA) is 45.4 Å². The van der Waals surface area contributed by atoms with Crippen LogP contribution in [0.15, 0.2) is 18.3 Å². The fourth-order valence-electron chi connectivity index (χ4n) is 2.65. The quantitative estimate of drug-likeness (QED) is 0.864. The maximum atomic E-state index is 5.96. The number of hydrogen-bond acceptors (Lipinski definition) is 4. The Morgan fingerprint density at radius 2 is 2.28 bits per heavy atom. The van der Waals surface area contributed by atoms with Crippen molar-refractivity contribution in [2.24, 2.45) is 5.73 Å². The zero-order valence-corrected chi connectivity index (χ0v) is 11.6. The molecule has 1 aliphatic rings. The second-order valence-electron chi connectivity index (χ2n) is 5.39. The van der Waals surface area contributed by atoms with E-state index in [4.69, 9.17) is 5.73 Å². The van der Waals surface area contributed by atoms with Crippen LogP contribution >= 0.6 is 0 Å². The second kappa shape index (κ2) is 5.78. The van der Waals surface area contributed by atoms with Gasteiger partial charge in [-0.2, -0.15) is 0 Å². The molecule has 0 aliphatic carbocycles. The number of rotatable bonds is 4. The lowest BCUT2D eigenvalue weighted by atomic mass is 10.1. The lowest BCUT2D eigenvalue weighted by Crippen LogP contribution is -2.36. The highest BCUT2D eigenvalue weighted by molar-refractivity contribution is 5.18. The molecule has 1 aromatic heterocycles. The zero-order valence-electron chi connectivity index (χ0n) is 11.6. The summed E-state index contributed by atoms with van der Waals surface area (Å²) in [6.07, 6.45) is 3.19. The first kappa shape index (κ1) is 13.5. The SMILES string of the molecule is Cc1ccc(C(CN)N2CCC(N(C)C)C2)cn1. The lowest BCUT2D eigenvalue weighted by molar-refractivity contribution is 0.220. The smallest absolute Gasteiger partial charge is 0.0486 e. The van der Waals surface area contributed by atoms with Crippen molar-refractivity contribution < 1.29 is 0 Å². The van der Waals surface area contributed by atoms with Crippen molar-refractivity contribution in [3.63, 3.8) is 0 Å². The monoisotopic (exact) mass is 248 g/mol. The van der Waals surface area contributed by atoms with Gasteiger partial charge >= 0.3 is 0 Å². The average Bonchev–Trinajstić information content (AvgIpc) is 2.82. The molecule has 2 rings (SSSR count). The molecule has 2 unspecified atom stereocenters. The standard InChI is InChI=1S/C14H24N4/c1-11-4-5-12(9-16-11)14(8-15)18-7-6-13(10-18)17(2)3/h4-5,9,13-14H,6-8,10,15H2,1-3H3. The van der Waals surface area contributed by atoms with E-state index in [1.165, 1.54) is 12.0 Å². The molecule has 0 radical (unpaired) electrons. The molecule has 1 aromatic rings. The number of nitrogens with zero attached hydrogens (tertiary/aromatic N) is 3. The number of nitrogens with two attached hydrogens (primary N) is 1. The van der Waals surface area contributed by atoms with E-state index in [1.807, 2.05) is 13.1 Å². The molecule has 0 saturated carbocycles. The summed E-state index contributed by atoms with van der Waals surface area (Å²) in [5.74, 6) is 0. The summed E-state index contributed by atoms with van der Waals surface area (Å²) in [6, 6.07) is 5.18. The first-order valence-corrected chi connectivity index (χ1v) is 6.65. The van der Waals surface area contributed by atoms with E-state index in [-0.39, 0.29) is 0 Å². The number of hydrogen-bond donors (Lipinski definition) is 1. The molecule has 0 aromatic carbocycles. The third-order valence-corrected chi connectivity index (χ3v) is 3.91. The number of aromatic nitrogens is 1. The Labute approximate surface area is 110 Å². The third kappa shape index (κ3) is 2.88. The highest BCUT2D eigenvalue weighted by Gasteiger charge is 2.29. The fraction of sp³-hybridized carbons (Fsp3) is 0.643. The van der Waals surface area contributed by atoms with Crippen LogP contribution in [0.3, 0.4) is 0 Å². The van der Waals surface area contributed by atoms with E-state index < -0.39 is 0 Å². The van der Waals surface area contributed by atoms with Gasteiger partial charge in [0.25, 0.3) is 0 Å². The van der Waals surface area contributed by atoms with Crippen molar-refractivity contribution in [3.8, 4) is 0 Å². The van der Waals surface area contributed by atoms with Gasteiger partial charge in [-0.3, -0.25) is 9.88 Å². The molecule has 1 fully saturated rings. The molecule has 100 valence electrons. The van der Waals surface area contributed by atoms with Gasteiger partial charge in [0.05, 0.1) is 0 Å². The maximum absolute atomic E-state index is 5.96. The van der Waals surface area contributed by atoms with E-state index >= 15 is 0 Å². The molecule has 18 heavy (non-hydrogen) atoms. The highest BCUT2D eigenvalue weighted by atomic mass is 15.3. The summed E-state index contributed by atoms with van der Waals surface area (Å²) in [5, 5.41) is 0. The minimum absolute atomic E-state index is 0.308. The Kier molecular flexibility index (Phi) is 4.32. The van der Waals surface area contributed by atoms with Gasteiger partial charge in [-0.1, -0.05) is 6.07 Å².